The molecule has 156 valence electrons. The summed E-state index contributed by atoms with van der Waals surface area (Å²) < 4.78 is 0.494. The van der Waals surface area contributed by atoms with E-state index in [1.807, 2.05) is 27.9 Å². The quantitative estimate of drug-likeness (QED) is 0.238. The highest BCUT2D eigenvalue weighted by Crippen LogP contribution is 2.27. The maximum absolute atomic E-state index is 11.7. The van der Waals surface area contributed by atoms with Crippen molar-refractivity contribution < 1.29 is 14.4 Å². The zero-order valence-electron chi connectivity index (χ0n) is 18.6. The van der Waals surface area contributed by atoms with Crippen LogP contribution in [0.2, 0.25) is 0 Å². The van der Waals surface area contributed by atoms with Gasteiger partial charge in [-0.2, -0.15) is 0 Å². The Hall–Kier alpha value is -0.570. The van der Waals surface area contributed by atoms with Crippen LogP contribution in [0.25, 0.3) is 0 Å². The van der Waals surface area contributed by atoms with Gasteiger partial charge >= 0.3 is 0 Å². The first-order valence-corrected chi connectivity index (χ1v) is 11.4. The van der Waals surface area contributed by atoms with Gasteiger partial charge in [0, 0.05) is 6.42 Å². The molecule has 26 heavy (non-hydrogen) atoms. The summed E-state index contributed by atoms with van der Waals surface area (Å²) in [5, 5.41) is 11.7. The summed E-state index contributed by atoms with van der Waals surface area (Å²) in [5.41, 5.74) is -0.772. The third kappa shape index (κ3) is 9.94. The van der Waals surface area contributed by atoms with Gasteiger partial charge in [-0.25, -0.2) is 0 Å². The van der Waals surface area contributed by atoms with Crippen molar-refractivity contribution in [2.45, 2.75) is 123 Å². The Morgan fingerprint density at radius 2 is 1.08 bits per heavy atom. The lowest BCUT2D eigenvalue weighted by Gasteiger charge is -2.47. The number of hydrogen-bond donors (Lipinski definition) is 0. The molecular formula is C23H47NO2. The summed E-state index contributed by atoms with van der Waals surface area (Å²) in [7, 11) is 4.00. The van der Waals surface area contributed by atoms with Crippen LogP contribution in [0.1, 0.15) is 117 Å². The molecule has 0 fully saturated rings. The van der Waals surface area contributed by atoms with E-state index < -0.39 is 11.5 Å². The summed E-state index contributed by atoms with van der Waals surface area (Å²) in [4.78, 5) is 11.7. The van der Waals surface area contributed by atoms with Crippen molar-refractivity contribution in [2.24, 2.45) is 0 Å². The van der Waals surface area contributed by atoms with Crippen LogP contribution in [0.3, 0.4) is 0 Å². The van der Waals surface area contributed by atoms with Crippen LogP contribution in [-0.4, -0.2) is 36.6 Å². The average Bonchev–Trinajstić information content (AvgIpc) is 2.61. The summed E-state index contributed by atoms with van der Waals surface area (Å²) >= 11 is 0. The molecule has 0 spiro atoms. The van der Waals surface area contributed by atoms with Crippen molar-refractivity contribution in [1.29, 1.82) is 0 Å². The third-order valence-electron chi connectivity index (χ3n) is 6.58. The van der Waals surface area contributed by atoms with Crippen molar-refractivity contribution in [3.05, 3.63) is 0 Å². The summed E-state index contributed by atoms with van der Waals surface area (Å²) in [5.74, 6) is -0.904. The lowest BCUT2D eigenvalue weighted by atomic mass is 9.90. The highest BCUT2D eigenvalue weighted by atomic mass is 16.4. The SMILES string of the molecule is CCCCCCCCCCCCCCCCC(C)(C(=O)[O-])[N+](C)(C)CC. The van der Waals surface area contributed by atoms with Crippen molar-refractivity contribution in [3.8, 4) is 0 Å². The predicted molar refractivity (Wildman–Crippen MR) is 111 cm³/mol. The van der Waals surface area contributed by atoms with Gasteiger partial charge in [0.15, 0.2) is 0 Å². The maximum atomic E-state index is 11.7. The Bertz CT molecular complexity index is 354. The van der Waals surface area contributed by atoms with Crippen LogP contribution in [-0.2, 0) is 4.79 Å². The minimum absolute atomic E-state index is 0.494. The Morgan fingerprint density at radius 1 is 0.731 bits per heavy atom. The van der Waals surface area contributed by atoms with Crippen molar-refractivity contribution in [3.63, 3.8) is 0 Å². The largest absolute Gasteiger partial charge is 0.544 e. The van der Waals surface area contributed by atoms with Gasteiger partial charge in [-0.3, -0.25) is 0 Å². The van der Waals surface area contributed by atoms with E-state index >= 15 is 0 Å². The molecule has 3 heteroatoms. The molecule has 0 aliphatic rings. The molecule has 1 unspecified atom stereocenters. The number of hydrogen-bond acceptors (Lipinski definition) is 2. The molecule has 0 aliphatic heterocycles. The van der Waals surface area contributed by atoms with Crippen molar-refractivity contribution in [1.82, 2.24) is 0 Å². The molecule has 0 N–H and O–H groups in total. The average molecular weight is 370 g/mol. The number of carboxylic acids is 1. The van der Waals surface area contributed by atoms with Crippen LogP contribution >= 0.6 is 0 Å². The number of carbonyl (C=O) groups is 1. The fraction of sp³-hybridized carbons (Fsp3) is 0.957. The van der Waals surface area contributed by atoms with Crippen molar-refractivity contribution in [2.75, 3.05) is 20.6 Å². The smallest absolute Gasteiger partial charge is 0.136 e. The molecule has 0 saturated heterocycles. The number of rotatable bonds is 18. The number of nitrogens with zero attached hydrogens (tertiary/aromatic N) is 1. The Labute approximate surface area is 164 Å². The molecule has 0 aromatic carbocycles. The maximum Gasteiger partial charge on any atom is 0.136 e. The molecule has 0 amide bonds. The van der Waals surface area contributed by atoms with Gasteiger partial charge in [-0.15, -0.1) is 0 Å². The van der Waals surface area contributed by atoms with Gasteiger partial charge in [-0.1, -0.05) is 90.4 Å². The molecule has 0 saturated carbocycles. The third-order valence-corrected chi connectivity index (χ3v) is 6.58. The zero-order chi connectivity index (χ0) is 19.9. The zero-order valence-corrected chi connectivity index (χ0v) is 18.6. The number of likely N-dealkylation sites (N-methyl/N-ethyl adjacent to an activating group) is 1. The van der Waals surface area contributed by atoms with E-state index in [-0.39, 0.29) is 0 Å². The van der Waals surface area contributed by atoms with Crippen LogP contribution in [0, 0.1) is 0 Å². The van der Waals surface area contributed by atoms with Gasteiger partial charge in [0.25, 0.3) is 0 Å². The molecule has 0 aliphatic carbocycles. The van der Waals surface area contributed by atoms with Gasteiger partial charge in [0.05, 0.1) is 20.6 Å². The van der Waals surface area contributed by atoms with Crippen LogP contribution in [0.15, 0.2) is 0 Å². The predicted octanol–water partition coefficient (Wildman–Crippen LogP) is 5.46. The second-order valence-corrected chi connectivity index (χ2v) is 8.91. The molecule has 1 atom stereocenters. The van der Waals surface area contributed by atoms with Crippen molar-refractivity contribution >= 4 is 5.97 Å². The molecule has 3 nitrogen and oxygen atoms in total. The molecule has 0 aromatic rings. The molecule has 0 aromatic heterocycles. The number of aliphatic carboxylic acids is 1. The molecule has 0 heterocycles. The summed E-state index contributed by atoms with van der Waals surface area (Å²) in [6, 6.07) is 0. The van der Waals surface area contributed by atoms with E-state index in [1.54, 1.807) is 0 Å². The second-order valence-electron chi connectivity index (χ2n) is 8.91. The molecule has 0 bridgehead atoms. The normalized spacial score (nSPS) is 14.3. The van der Waals surface area contributed by atoms with E-state index in [1.165, 1.54) is 77.0 Å². The van der Waals surface area contributed by atoms with Gasteiger partial charge < -0.3 is 14.4 Å². The fourth-order valence-electron chi connectivity index (χ4n) is 3.66. The lowest BCUT2D eigenvalue weighted by Crippen LogP contribution is -2.66. The van der Waals surface area contributed by atoms with E-state index in [0.29, 0.717) is 10.9 Å². The van der Waals surface area contributed by atoms with Gasteiger partial charge in [-0.05, 0) is 20.3 Å². The van der Waals surface area contributed by atoms with Crippen LogP contribution in [0.5, 0.6) is 0 Å². The standard InChI is InChI=1S/C23H47NO2/c1-6-8-9-10-11-12-13-14-15-16-17-18-19-20-21-23(3,22(25)26)24(4,5)7-2/h6-21H2,1-5H3. The van der Waals surface area contributed by atoms with Crippen LogP contribution in [0.4, 0.5) is 0 Å². The van der Waals surface area contributed by atoms with Crippen LogP contribution < -0.4 is 5.11 Å². The van der Waals surface area contributed by atoms with E-state index in [9.17, 15) is 9.90 Å². The topological polar surface area (TPSA) is 40.1 Å². The van der Waals surface area contributed by atoms with Gasteiger partial charge in [0.1, 0.15) is 11.5 Å². The molecule has 0 rings (SSSR count). The first-order valence-electron chi connectivity index (χ1n) is 11.4. The summed E-state index contributed by atoms with van der Waals surface area (Å²) in [6.45, 7) is 6.98. The Balaban J connectivity index is 3.62. The Morgan fingerprint density at radius 3 is 1.38 bits per heavy atom. The van der Waals surface area contributed by atoms with E-state index in [2.05, 4.69) is 6.92 Å². The number of unbranched alkanes of at least 4 members (excludes halogenated alkanes) is 13. The van der Waals surface area contributed by atoms with Gasteiger partial charge in [0.2, 0.25) is 0 Å². The molecule has 0 radical (unpaired) electrons. The monoisotopic (exact) mass is 369 g/mol. The fourth-order valence-corrected chi connectivity index (χ4v) is 3.66. The Kier molecular flexibility index (Phi) is 14.2. The van der Waals surface area contributed by atoms with E-state index in [0.717, 1.165) is 19.4 Å². The highest BCUT2D eigenvalue weighted by molar-refractivity contribution is 5.74. The number of carbonyl (C=O) groups excluding carboxylic acids is 1. The molecular weight excluding hydrogens is 322 g/mol. The second kappa shape index (κ2) is 14.5. The first kappa shape index (κ1) is 25.4. The minimum Gasteiger partial charge on any atom is -0.544 e. The lowest BCUT2D eigenvalue weighted by molar-refractivity contribution is -0.931. The highest BCUT2D eigenvalue weighted by Gasteiger charge is 2.40. The van der Waals surface area contributed by atoms with E-state index in [4.69, 9.17) is 0 Å². The first-order chi connectivity index (χ1) is 12.3. The minimum atomic E-state index is -0.904. The summed E-state index contributed by atoms with van der Waals surface area (Å²) in [6.07, 6.45) is 19.3. The number of quaternary nitrogens is 1. The number of carboxylic acid groups (broad SMARTS) is 1.